The van der Waals surface area contributed by atoms with Crippen molar-refractivity contribution >= 4 is 38.2 Å². The Kier molecular flexibility index (Phi) is 18.1. The molecule has 2 aliphatic rings. The van der Waals surface area contributed by atoms with Gasteiger partial charge in [-0.1, -0.05) is 50.1 Å². The fourth-order valence-corrected chi connectivity index (χ4v) is 6.26. The summed E-state index contributed by atoms with van der Waals surface area (Å²) in [5.74, 6) is -2.24. The van der Waals surface area contributed by atoms with Gasteiger partial charge in [0.25, 0.3) is 11.8 Å². The number of carbonyl (C=O) groups excluding carboxylic acids is 4. The summed E-state index contributed by atoms with van der Waals surface area (Å²) in [5, 5.41) is 14.9. The zero-order valence-corrected chi connectivity index (χ0v) is 29.8. The summed E-state index contributed by atoms with van der Waals surface area (Å²) < 4.78 is 39.6. The molecule has 16 nitrogen and oxygen atoms in total. The van der Waals surface area contributed by atoms with Crippen molar-refractivity contribution in [1.29, 1.82) is 0 Å². The first-order chi connectivity index (χ1) is 24.1. The lowest BCUT2D eigenvalue weighted by Gasteiger charge is -2.29. The van der Waals surface area contributed by atoms with Crippen LogP contribution in [0.2, 0.25) is 0 Å². The molecule has 0 bridgehead atoms. The molecule has 2 aliphatic heterocycles. The lowest BCUT2D eigenvalue weighted by molar-refractivity contribution is -0.151. The van der Waals surface area contributed by atoms with Crippen LogP contribution >= 0.6 is 8.25 Å². The van der Waals surface area contributed by atoms with Crippen molar-refractivity contribution in [2.75, 3.05) is 46.0 Å². The van der Waals surface area contributed by atoms with Gasteiger partial charge in [0.1, 0.15) is 18.8 Å². The molecule has 3 rings (SSSR count). The third-order valence-electron chi connectivity index (χ3n) is 8.28. The topological polar surface area (TPSA) is 199 Å². The summed E-state index contributed by atoms with van der Waals surface area (Å²) in [5.41, 5.74) is 0.860. The molecule has 4 amide bonds. The Morgan fingerprint density at radius 1 is 1.04 bits per heavy atom. The first-order valence-corrected chi connectivity index (χ1v) is 18.5. The highest BCUT2D eigenvalue weighted by Crippen LogP contribution is 2.29. The minimum atomic E-state index is -3.20. The smallest absolute Gasteiger partial charge is 0.410 e. The van der Waals surface area contributed by atoms with Gasteiger partial charge in [-0.25, -0.2) is 14.4 Å². The molecular formula is C33H51N4O12P. The summed E-state index contributed by atoms with van der Waals surface area (Å²) >= 11 is 0. The lowest BCUT2D eigenvalue weighted by Crippen LogP contribution is -2.48. The number of hydrogen-bond donors (Lipinski definition) is 3. The SMILES string of the molecule is CCCCC(CO[PH](=O)O[C@@H](C)C(=O)N1CCC[C@H]1C(=O)O)NC(=O)[C@H](CCCCNC(=O)OCc1ccccc1)OC(=O)N1CCOCC1. The van der Waals surface area contributed by atoms with Crippen LogP contribution in [0.15, 0.2) is 30.3 Å². The predicted octanol–water partition coefficient (Wildman–Crippen LogP) is 3.48. The van der Waals surface area contributed by atoms with Crippen LogP contribution in [0.5, 0.6) is 0 Å². The zero-order valence-electron chi connectivity index (χ0n) is 28.8. The van der Waals surface area contributed by atoms with Gasteiger partial charge in [-0.3, -0.25) is 18.7 Å². The number of alkyl carbamates (subject to hydrolysis) is 1. The highest BCUT2D eigenvalue weighted by atomic mass is 31.1. The van der Waals surface area contributed by atoms with E-state index in [1.165, 1.54) is 16.7 Å². The summed E-state index contributed by atoms with van der Waals surface area (Å²) in [6.07, 6.45) is 0.435. The van der Waals surface area contributed by atoms with E-state index >= 15 is 0 Å². The number of rotatable bonds is 20. The van der Waals surface area contributed by atoms with Gasteiger partial charge in [0, 0.05) is 26.2 Å². The van der Waals surface area contributed by atoms with Crippen molar-refractivity contribution in [3.63, 3.8) is 0 Å². The van der Waals surface area contributed by atoms with E-state index in [1.54, 1.807) is 0 Å². The van der Waals surface area contributed by atoms with E-state index < -0.39 is 62.5 Å². The van der Waals surface area contributed by atoms with Gasteiger partial charge < -0.3 is 44.3 Å². The van der Waals surface area contributed by atoms with Crippen LogP contribution in [0.4, 0.5) is 9.59 Å². The molecule has 1 aromatic rings. The summed E-state index contributed by atoms with van der Waals surface area (Å²) in [7, 11) is -3.20. The minimum Gasteiger partial charge on any atom is -0.480 e. The highest BCUT2D eigenvalue weighted by Gasteiger charge is 2.37. The number of nitrogens with zero attached hydrogens (tertiary/aromatic N) is 2. The van der Waals surface area contributed by atoms with Gasteiger partial charge in [-0.15, -0.1) is 0 Å². The Hall–Kier alpha value is -3.72. The molecule has 2 fully saturated rings. The van der Waals surface area contributed by atoms with Crippen molar-refractivity contribution in [1.82, 2.24) is 20.4 Å². The molecule has 50 heavy (non-hydrogen) atoms. The average molecular weight is 727 g/mol. The molecule has 2 saturated heterocycles. The van der Waals surface area contributed by atoms with Gasteiger partial charge in [0.15, 0.2) is 6.10 Å². The zero-order chi connectivity index (χ0) is 36.3. The maximum Gasteiger partial charge on any atom is 0.410 e. The van der Waals surface area contributed by atoms with E-state index in [0.29, 0.717) is 64.8 Å². The number of hydrogen-bond acceptors (Lipinski definition) is 11. The second-order valence-electron chi connectivity index (χ2n) is 12.2. The third-order valence-corrected chi connectivity index (χ3v) is 9.22. The van der Waals surface area contributed by atoms with Crippen LogP contribution in [0.1, 0.15) is 70.8 Å². The molecule has 2 heterocycles. The van der Waals surface area contributed by atoms with Crippen molar-refractivity contribution in [3.8, 4) is 0 Å². The molecule has 0 aromatic heterocycles. The maximum absolute atomic E-state index is 13.5. The number of likely N-dealkylation sites (tertiary alicyclic amines) is 1. The first-order valence-electron chi connectivity index (χ1n) is 17.2. The Labute approximate surface area is 293 Å². The maximum atomic E-state index is 13.5. The van der Waals surface area contributed by atoms with Crippen molar-refractivity contribution in [2.24, 2.45) is 0 Å². The van der Waals surface area contributed by atoms with Crippen molar-refractivity contribution in [3.05, 3.63) is 35.9 Å². The molecule has 0 spiro atoms. The Balaban J connectivity index is 1.51. The van der Waals surface area contributed by atoms with Crippen LogP contribution in [0.25, 0.3) is 0 Å². The number of carboxylic acid groups (broad SMARTS) is 1. The standard InChI is InChI=1S/C33H51N4O12P/c1-3-4-13-26(23-47-50(44)49-24(2)30(39)37-17-10-14-27(37)31(40)41)35-29(38)28(48-33(43)36-18-20-45-21-19-36)15-8-9-16-34-32(42)46-22-25-11-6-5-7-12-25/h5-7,11-12,24,26-28,50H,3-4,8-10,13-23H2,1-2H3,(H,34,42)(H,35,38)(H,40,41)/t24-,26?,27-,28-/m0/s1. The van der Waals surface area contributed by atoms with E-state index in [1.807, 2.05) is 37.3 Å². The number of ether oxygens (including phenoxy) is 3. The first kappa shape index (κ1) is 40.7. The van der Waals surface area contributed by atoms with Crippen LogP contribution < -0.4 is 10.6 Å². The number of carbonyl (C=O) groups is 5. The summed E-state index contributed by atoms with van der Waals surface area (Å²) in [6, 6.07) is 7.72. The van der Waals surface area contributed by atoms with E-state index in [2.05, 4.69) is 10.6 Å². The number of nitrogens with one attached hydrogen (secondary N) is 2. The molecule has 280 valence electrons. The van der Waals surface area contributed by atoms with Crippen LogP contribution in [0, 0.1) is 0 Å². The van der Waals surface area contributed by atoms with Gasteiger partial charge >= 0.3 is 26.4 Å². The molecule has 3 N–H and O–H groups in total. The number of carboxylic acids is 1. The fraction of sp³-hybridized carbons (Fsp3) is 0.667. The lowest BCUT2D eigenvalue weighted by atomic mass is 10.1. The molecule has 2 unspecified atom stereocenters. The van der Waals surface area contributed by atoms with Gasteiger partial charge in [-0.05, 0) is 51.0 Å². The second-order valence-corrected chi connectivity index (χ2v) is 13.2. The van der Waals surface area contributed by atoms with Crippen LogP contribution in [-0.4, -0.2) is 115 Å². The molecule has 0 saturated carbocycles. The normalized spacial score (nSPS) is 18.4. The largest absolute Gasteiger partial charge is 0.480 e. The van der Waals surface area contributed by atoms with E-state index in [4.69, 9.17) is 23.3 Å². The van der Waals surface area contributed by atoms with E-state index in [9.17, 15) is 33.6 Å². The number of unbranched alkanes of at least 4 members (excludes halogenated alkanes) is 2. The molecule has 17 heteroatoms. The molecule has 1 aromatic carbocycles. The number of morpholine rings is 1. The van der Waals surface area contributed by atoms with Gasteiger partial charge in [0.2, 0.25) is 0 Å². The van der Waals surface area contributed by atoms with E-state index in [0.717, 1.165) is 12.0 Å². The highest BCUT2D eigenvalue weighted by molar-refractivity contribution is 7.33. The number of amides is 4. The Morgan fingerprint density at radius 2 is 1.78 bits per heavy atom. The Bertz CT molecular complexity index is 1270. The number of benzene rings is 1. The minimum absolute atomic E-state index is 0.138. The molecular weight excluding hydrogens is 675 g/mol. The molecule has 0 radical (unpaired) electrons. The Morgan fingerprint density at radius 3 is 2.48 bits per heavy atom. The fourth-order valence-electron chi connectivity index (χ4n) is 5.46. The van der Waals surface area contributed by atoms with Crippen LogP contribution in [-0.2, 0) is 48.8 Å². The van der Waals surface area contributed by atoms with Gasteiger partial charge in [0.05, 0.1) is 25.9 Å². The second kappa shape index (κ2) is 22.2. The summed E-state index contributed by atoms with van der Waals surface area (Å²) in [6.45, 7) is 5.25. The third kappa shape index (κ3) is 14.3. The van der Waals surface area contributed by atoms with Crippen LogP contribution in [0.3, 0.4) is 0 Å². The van der Waals surface area contributed by atoms with Crippen molar-refractivity contribution in [2.45, 2.75) is 96.1 Å². The quantitative estimate of drug-likeness (QED) is 0.131. The summed E-state index contributed by atoms with van der Waals surface area (Å²) in [4.78, 5) is 65.4. The molecule has 0 aliphatic carbocycles. The van der Waals surface area contributed by atoms with E-state index in [-0.39, 0.29) is 32.7 Å². The monoisotopic (exact) mass is 726 g/mol. The average Bonchev–Trinajstić information content (AvgIpc) is 3.62. The van der Waals surface area contributed by atoms with Gasteiger partial charge in [-0.2, -0.15) is 0 Å². The van der Waals surface area contributed by atoms with Crippen molar-refractivity contribution < 1.29 is 56.9 Å². The molecule has 5 atom stereocenters. The number of aliphatic carboxylic acids is 1. The predicted molar refractivity (Wildman–Crippen MR) is 180 cm³/mol.